The molecule has 0 spiro atoms. The first-order valence-corrected chi connectivity index (χ1v) is 11.7. The van der Waals surface area contributed by atoms with Crippen LogP contribution >= 0.6 is 23.1 Å². The molecule has 0 saturated heterocycles. The second-order valence-electron chi connectivity index (χ2n) is 7.16. The minimum Gasteiger partial charge on any atom is -0.326 e. The molecule has 2 aromatic heterocycles. The molecule has 9 nitrogen and oxygen atoms in total. The van der Waals surface area contributed by atoms with Gasteiger partial charge >= 0.3 is 0 Å². The zero-order chi connectivity index (χ0) is 22.8. The third kappa shape index (κ3) is 4.69. The highest BCUT2D eigenvalue weighted by atomic mass is 32.2. The maximum atomic E-state index is 12.4. The molecule has 0 aliphatic carbocycles. The SMILES string of the molecule is O=C(Cc1ccc([N+](=O)[O-])cc1)Nc1ccc2nc(SCn3nnc4ccccc43)sc2c1. The van der Waals surface area contributed by atoms with Crippen molar-refractivity contribution in [3.8, 4) is 0 Å². The summed E-state index contributed by atoms with van der Waals surface area (Å²) < 4.78 is 3.71. The highest BCUT2D eigenvalue weighted by molar-refractivity contribution is 8.00. The van der Waals surface area contributed by atoms with Gasteiger partial charge in [0.2, 0.25) is 5.91 Å². The van der Waals surface area contributed by atoms with E-state index in [9.17, 15) is 14.9 Å². The van der Waals surface area contributed by atoms with Crippen molar-refractivity contribution in [2.24, 2.45) is 0 Å². The summed E-state index contributed by atoms with van der Waals surface area (Å²) in [5, 5.41) is 22.0. The quantitative estimate of drug-likeness (QED) is 0.202. The average Bonchev–Trinajstić information content (AvgIpc) is 3.41. The monoisotopic (exact) mass is 476 g/mol. The molecule has 0 fully saturated rings. The van der Waals surface area contributed by atoms with Gasteiger partial charge in [-0.25, -0.2) is 9.67 Å². The normalized spacial score (nSPS) is 11.2. The number of hydrogen-bond acceptors (Lipinski definition) is 8. The van der Waals surface area contributed by atoms with E-state index in [1.54, 1.807) is 35.2 Å². The molecule has 0 atom stereocenters. The van der Waals surface area contributed by atoms with Crippen molar-refractivity contribution in [1.29, 1.82) is 0 Å². The van der Waals surface area contributed by atoms with Crippen molar-refractivity contribution in [3.63, 3.8) is 0 Å². The topological polar surface area (TPSA) is 116 Å². The molecule has 3 aromatic carbocycles. The van der Waals surface area contributed by atoms with Gasteiger partial charge in [0.15, 0.2) is 4.34 Å². The fourth-order valence-corrected chi connectivity index (χ4v) is 5.28. The van der Waals surface area contributed by atoms with Crippen LogP contribution in [0.5, 0.6) is 0 Å². The molecule has 11 heteroatoms. The maximum Gasteiger partial charge on any atom is 0.269 e. The number of hydrogen-bond donors (Lipinski definition) is 1. The Morgan fingerprint density at radius 2 is 1.91 bits per heavy atom. The van der Waals surface area contributed by atoms with Crippen molar-refractivity contribution < 1.29 is 9.72 Å². The van der Waals surface area contributed by atoms with Crippen molar-refractivity contribution in [2.75, 3.05) is 5.32 Å². The lowest BCUT2D eigenvalue weighted by atomic mass is 10.1. The highest BCUT2D eigenvalue weighted by Gasteiger charge is 2.11. The van der Waals surface area contributed by atoms with Crippen LogP contribution in [0.1, 0.15) is 5.56 Å². The molecule has 5 aromatic rings. The molecule has 1 N–H and O–H groups in total. The fraction of sp³-hybridized carbons (Fsp3) is 0.0909. The minimum absolute atomic E-state index is 0.000450. The first-order valence-electron chi connectivity index (χ1n) is 9.90. The number of nitro benzene ring substituents is 1. The number of anilines is 1. The van der Waals surface area contributed by atoms with E-state index in [0.29, 0.717) is 17.1 Å². The Hall–Kier alpha value is -3.83. The van der Waals surface area contributed by atoms with Crippen LogP contribution in [0, 0.1) is 10.1 Å². The lowest BCUT2D eigenvalue weighted by Crippen LogP contribution is -2.14. The number of amides is 1. The number of aromatic nitrogens is 4. The number of para-hydroxylation sites is 1. The molecule has 0 saturated carbocycles. The van der Waals surface area contributed by atoms with Gasteiger partial charge in [-0.15, -0.1) is 16.4 Å². The van der Waals surface area contributed by atoms with Crippen LogP contribution in [0.25, 0.3) is 21.3 Å². The Morgan fingerprint density at radius 1 is 1.09 bits per heavy atom. The largest absolute Gasteiger partial charge is 0.326 e. The van der Waals surface area contributed by atoms with Crippen LogP contribution in [-0.2, 0) is 17.1 Å². The number of fused-ring (bicyclic) bond motifs is 2. The number of non-ortho nitro benzene ring substituents is 1. The third-order valence-corrected chi connectivity index (χ3v) is 7.02. The number of thiazole rings is 1. The molecular weight excluding hydrogens is 460 g/mol. The van der Waals surface area contributed by atoms with E-state index in [4.69, 9.17) is 0 Å². The summed E-state index contributed by atoms with van der Waals surface area (Å²) in [4.78, 5) is 27.3. The number of carbonyl (C=O) groups is 1. The van der Waals surface area contributed by atoms with Gasteiger partial charge in [-0.05, 0) is 35.9 Å². The number of benzene rings is 3. The van der Waals surface area contributed by atoms with Crippen LogP contribution in [-0.4, -0.2) is 30.8 Å². The zero-order valence-corrected chi connectivity index (χ0v) is 18.7. The van der Waals surface area contributed by atoms with Gasteiger partial charge < -0.3 is 5.32 Å². The first kappa shape index (κ1) is 21.0. The van der Waals surface area contributed by atoms with Crippen LogP contribution in [0.2, 0.25) is 0 Å². The van der Waals surface area contributed by atoms with Crippen LogP contribution < -0.4 is 5.32 Å². The van der Waals surface area contributed by atoms with E-state index >= 15 is 0 Å². The smallest absolute Gasteiger partial charge is 0.269 e. The van der Waals surface area contributed by atoms with E-state index in [0.717, 1.165) is 25.6 Å². The fourth-order valence-electron chi connectivity index (χ4n) is 3.30. The summed E-state index contributed by atoms with van der Waals surface area (Å²) in [5.41, 5.74) is 4.08. The molecule has 1 amide bonds. The molecule has 0 aliphatic heterocycles. The summed E-state index contributed by atoms with van der Waals surface area (Å²) in [7, 11) is 0. The number of nitrogens with one attached hydrogen (secondary N) is 1. The van der Waals surface area contributed by atoms with Gasteiger partial charge in [-0.3, -0.25) is 14.9 Å². The lowest BCUT2D eigenvalue weighted by molar-refractivity contribution is -0.384. The lowest BCUT2D eigenvalue weighted by Gasteiger charge is -2.05. The highest BCUT2D eigenvalue weighted by Crippen LogP contribution is 2.32. The Labute approximate surface area is 195 Å². The molecule has 33 heavy (non-hydrogen) atoms. The molecular formula is C22H16N6O3S2. The van der Waals surface area contributed by atoms with Gasteiger partial charge in [0, 0.05) is 17.8 Å². The Morgan fingerprint density at radius 3 is 2.73 bits per heavy atom. The number of carbonyl (C=O) groups excluding carboxylic acids is 1. The molecule has 0 bridgehead atoms. The first-order chi connectivity index (χ1) is 16.0. The van der Waals surface area contributed by atoms with Crippen molar-refractivity contribution in [1.82, 2.24) is 20.0 Å². The Kier molecular flexibility index (Phi) is 5.71. The molecule has 5 rings (SSSR count). The van der Waals surface area contributed by atoms with Gasteiger partial charge in [-0.1, -0.05) is 41.2 Å². The van der Waals surface area contributed by atoms with Gasteiger partial charge in [0.25, 0.3) is 5.69 Å². The van der Waals surface area contributed by atoms with Crippen LogP contribution in [0.4, 0.5) is 11.4 Å². The molecule has 0 aliphatic rings. The van der Waals surface area contributed by atoms with E-state index in [1.807, 2.05) is 47.1 Å². The Balaban J connectivity index is 1.24. The molecule has 0 radical (unpaired) electrons. The van der Waals surface area contributed by atoms with Crippen molar-refractivity contribution >= 4 is 61.6 Å². The van der Waals surface area contributed by atoms with Crippen LogP contribution in [0.3, 0.4) is 0 Å². The second kappa shape index (κ2) is 8.96. The van der Waals surface area contributed by atoms with E-state index < -0.39 is 4.92 Å². The summed E-state index contributed by atoms with van der Waals surface area (Å²) in [5.74, 6) is 0.402. The van der Waals surface area contributed by atoms with Gasteiger partial charge in [0.05, 0.1) is 33.0 Å². The summed E-state index contributed by atoms with van der Waals surface area (Å²) in [6, 6.07) is 19.4. The molecule has 0 unspecified atom stereocenters. The number of nitrogens with zero attached hydrogens (tertiary/aromatic N) is 5. The molecule has 2 heterocycles. The minimum atomic E-state index is -0.463. The number of rotatable bonds is 7. The number of thioether (sulfide) groups is 1. The van der Waals surface area contributed by atoms with Crippen molar-refractivity contribution in [3.05, 3.63) is 82.4 Å². The summed E-state index contributed by atoms with van der Waals surface area (Å²) in [6.45, 7) is 0. The Bertz CT molecular complexity index is 1480. The predicted octanol–water partition coefficient (Wildman–Crippen LogP) is 4.88. The summed E-state index contributed by atoms with van der Waals surface area (Å²) >= 11 is 3.13. The van der Waals surface area contributed by atoms with E-state index in [1.165, 1.54) is 12.1 Å². The van der Waals surface area contributed by atoms with Crippen molar-refractivity contribution in [2.45, 2.75) is 16.6 Å². The van der Waals surface area contributed by atoms with E-state index in [-0.39, 0.29) is 18.0 Å². The third-order valence-electron chi connectivity index (χ3n) is 4.89. The number of nitro groups is 1. The molecule has 164 valence electrons. The predicted molar refractivity (Wildman–Crippen MR) is 128 cm³/mol. The van der Waals surface area contributed by atoms with Gasteiger partial charge in [-0.2, -0.15) is 0 Å². The average molecular weight is 477 g/mol. The van der Waals surface area contributed by atoms with Gasteiger partial charge in [0.1, 0.15) is 5.52 Å². The standard InChI is InChI=1S/C22H16N6O3S2/c29-21(11-14-5-8-16(9-6-14)28(30)31)23-15-7-10-18-20(12-15)33-22(24-18)32-13-27-19-4-2-1-3-17(19)25-26-27/h1-10,12H,11,13H2,(H,23,29). The summed E-state index contributed by atoms with van der Waals surface area (Å²) in [6.07, 6.45) is 0.131. The zero-order valence-electron chi connectivity index (χ0n) is 17.0. The van der Waals surface area contributed by atoms with E-state index in [2.05, 4.69) is 20.6 Å². The van der Waals surface area contributed by atoms with Crippen LogP contribution in [0.15, 0.2) is 71.1 Å². The second-order valence-corrected chi connectivity index (χ2v) is 9.38. The maximum absolute atomic E-state index is 12.4.